The number of halogens is 1. The van der Waals surface area contributed by atoms with Gasteiger partial charge in [0.2, 0.25) is 5.91 Å². The van der Waals surface area contributed by atoms with E-state index in [1.165, 1.54) is 6.07 Å². The number of nitrogens with one attached hydrogen (secondary N) is 2. The molecule has 7 nitrogen and oxygen atoms in total. The summed E-state index contributed by atoms with van der Waals surface area (Å²) in [6.45, 7) is 0.0958. The Morgan fingerprint density at radius 1 is 1.22 bits per heavy atom. The number of thiophene rings is 1. The van der Waals surface area contributed by atoms with E-state index in [1.807, 2.05) is 30.3 Å². The van der Waals surface area contributed by atoms with Crippen molar-refractivity contribution >= 4 is 44.8 Å². The molecule has 9 heteroatoms. The predicted octanol–water partition coefficient (Wildman–Crippen LogP) is 2.47. The van der Waals surface area contributed by atoms with Crippen molar-refractivity contribution in [3.63, 3.8) is 0 Å². The van der Waals surface area contributed by atoms with Crippen molar-refractivity contribution in [1.82, 2.24) is 10.6 Å². The normalized spacial score (nSPS) is 10.1. The Bertz CT molecular complexity index is 733. The standard InChI is InChI=1S/C14H12BrN3O4S/c15-11-6-10(18(21)22)13(23-11)14(20)17-8-12(19)16-7-9-4-2-1-3-5-9/h1-6H,7-8H2,(H,16,19)(H,17,20). The Labute approximate surface area is 144 Å². The minimum Gasteiger partial charge on any atom is -0.350 e. The lowest BCUT2D eigenvalue weighted by atomic mass is 10.2. The molecular weight excluding hydrogens is 386 g/mol. The van der Waals surface area contributed by atoms with Gasteiger partial charge in [0.25, 0.3) is 11.6 Å². The summed E-state index contributed by atoms with van der Waals surface area (Å²) in [5.41, 5.74) is 0.647. The van der Waals surface area contributed by atoms with Crippen LogP contribution in [0.15, 0.2) is 40.2 Å². The molecule has 0 aliphatic heterocycles. The van der Waals surface area contributed by atoms with Crippen LogP contribution in [0, 0.1) is 10.1 Å². The van der Waals surface area contributed by atoms with Crippen LogP contribution in [-0.2, 0) is 11.3 Å². The van der Waals surface area contributed by atoms with Crippen molar-refractivity contribution < 1.29 is 14.5 Å². The lowest BCUT2D eigenvalue weighted by molar-refractivity contribution is -0.384. The number of carbonyl (C=O) groups is 2. The number of amides is 2. The Morgan fingerprint density at radius 3 is 2.57 bits per heavy atom. The van der Waals surface area contributed by atoms with Gasteiger partial charge in [-0.2, -0.15) is 0 Å². The molecule has 0 radical (unpaired) electrons. The zero-order chi connectivity index (χ0) is 16.8. The Balaban J connectivity index is 1.87. The minimum atomic E-state index is -0.651. The summed E-state index contributed by atoms with van der Waals surface area (Å²) in [5, 5.41) is 15.9. The van der Waals surface area contributed by atoms with Gasteiger partial charge in [-0.3, -0.25) is 19.7 Å². The summed E-state index contributed by atoms with van der Waals surface area (Å²) in [7, 11) is 0. The van der Waals surface area contributed by atoms with Crippen LogP contribution in [0.2, 0.25) is 0 Å². The van der Waals surface area contributed by atoms with Crippen LogP contribution in [0.1, 0.15) is 15.2 Å². The Hall–Kier alpha value is -2.26. The lowest BCUT2D eigenvalue weighted by Crippen LogP contribution is -2.36. The van der Waals surface area contributed by atoms with Gasteiger partial charge in [-0.15, -0.1) is 11.3 Å². The van der Waals surface area contributed by atoms with Crippen molar-refractivity contribution in [2.45, 2.75) is 6.54 Å². The molecule has 0 spiro atoms. The van der Waals surface area contributed by atoms with Crippen LogP contribution in [0.5, 0.6) is 0 Å². The molecule has 1 aromatic heterocycles. The van der Waals surface area contributed by atoms with E-state index in [0.717, 1.165) is 16.9 Å². The predicted molar refractivity (Wildman–Crippen MR) is 89.3 cm³/mol. The van der Waals surface area contributed by atoms with Gasteiger partial charge in [-0.05, 0) is 21.5 Å². The van der Waals surface area contributed by atoms with Gasteiger partial charge in [0.05, 0.1) is 15.3 Å². The molecule has 0 aliphatic rings. The van der Waals surface area contributed by atoms with Gasteiger partial charge >= 0.3 is 0 Å². The smallest absolute Gasteiger partial charge is 0.294 e. The third-order valence-corrected chi connectivity index (χ3v) is 4.45. The largest absolute Gasteiger partial charge is 0.350 e. The Kier molecular flexibility index (Phi) is 5.83. The summed E-state index contributed by atoms with van der Waals surface area (Å²) in [4.78, 5) is 33.9. The molecule has 0 unspecified atom stereocenters. The zero-order valence-electron chi connectivity index (χ0n) is 11.7. The highest BCUT2D eigenvalue weighted by atomic mass is 79.9. The molecule has 0 aliphatic carbocycles. The average molecular weight is 398 g/mol. The van der Waals surface area contributed by atoms with E-state index < -0.39 is 10.8 Å². The molecule has 120 valence electrons. The molecule has 0 saturated carbocycles. The molecule has 1 heterocycles. The third-order valence-electron chi connectivity index (χ3n) is 2.83. The van der Waals surface area contributed by atoms with Gasteiger partial charge in [-0.25, -0.2) is 0 Å². The molecule has 0 fully saturated rings. The van der Waals surface area contributed by atoms with E-state index in [-0.39, 0.29) is 23.0 Å². The maximum atomic E-state index is 12.0. The SMILES string of the molecule is O=C(CNC(=O)c1sc(Br)cc1[N+](=O)[O-])NCc1ccccc1. The quantitative estimate of drug-likeness (QED) is 0.577. The Morgan fingerprint density at radius 2 is 1.91 bits per heavy atom. The number of rotatable bonds is 6. The highest BCUT2D eigenvalue weighted by Gasteiger charge is 2.24. The summed E-state index contributed by atoms with van der Waals surface area (Å²) < 4.78 is 0.475. The first-order valence-electron chi connectivity index (χ1n) is 6.50. The van der Waals surface area contributed by atoms with Gasteiger partial charge < -0.3 is 10.6 Å². The molecule has 2 rings (SSSR count). The molecule has 2 aromatic rings. The van der Waals surface area contributed by atoms with E-state index >= 15 is 0 Å². The fourth-order valence-electron chi connectivity index (χ4n) is 1.75. The second-order valence-electron chi connectivity index (χ2n) is 4.47. The second-order valence-corrected chi connectivity index (χ2v) is 6.90. The summed E-state index contributed by atoms with van der Waals surface area (Å²) in [6, 6.07) is 10.6. The van der Waals surface area contributed by atoms with Crippen LogP contribution in [0.25, 0.3) is 0 Å². The maximum Gasteiger partial charge on any atom is 0.294 e. The van der Waals surface area contributed by atoms with E-state index in [0.29, 0.717) is 10.3 Å². The maximum absolute atomic E-state index is 12.0. The van der Waals surface area contributed by atoms with Gasteiger partial charge in [0.1, 0.15) is 0 Å². The number of carbonyl (C=O) groups excluding carboxylic acids is 2. The molecular formula is C14H12BrN3O4S. The average Bonchev–Trinajstić information content (AvgIpc) is 2.94. The molecule has 2 amide bonds. The highest BCUT2D eigenvalue weighted by molar-refractivity contribution is 9.11. The minimum absolute atomic E-state index is 0.0438. The van der Waals surface area contributed by atoms with Crippen molar-refractivity contribution in [1.29, 1.82) is 0 Å². The van der Waals surface area contributed by atoms with E-state index in [2.05, 4.69) is 26.6 Å². The monoisotopic (exact) mass is 397 g/mol. The first-order chi connectivity index (χ1) is 11.0. The third kappa shape index (κ3) is 4.86. The molecule has 2 N–H and O–H groups in total. The fourth-order valence-corrected chi connectivity index (χ4v) is 3.22. The van der Waals surface area contributed by atoms with Crippen LogP contribution >= 0.6 is 27.3 Å². The number of benzene rings is 1. The molecule has 0 bridgehead atoms. The first kappa shape index (κ1) is 17.1. The van der Waals surface area contributed by atoms with E-state index in [9.17, 15) is 19.7 Å². The number of nitrogens with zero attached hydrogens (tertiary/aromatic N) is 1. The van der Waals surface area contributed by atoms with Crippen LogP contribution in [0.3, 0.4) is 0 Å². The van der Waals surface area contributed by atoms with Gasteiger partial charge in [0.15, 0.2) is 4.88 Å². The molecule has 0 saturated heterocycles. The van der Waals surface area contributed by atoms with Crippen molar-refractivity contribution in [2.75, 3.05) is 6.54 Å². The zero-order valence-corrected chi connectivity index (χ0v) is 14.1. The topological polar surface area (TPSA) is 101 Å². The van der Waals surface area contributed by atoms with E-state index in [4.69, 9.17) is 0 Å². The number of hydrogen-bond acceptors (Lipinski definition) is 5. The van der Waals surface area contributed by atoms with Gasteiger partial charge in [0, 0.05) is 12.6 Å². The molecule has 23 heavy (non-hydrogen) atoms. The van der Waals surface area contributed by atoms with Crippen molar-refractivity contribution in [2.24, 2.45) is 0 Å². The lowest BCUT2D eigenvalue weighted by Gasteiger charge is -2.06. The van der Waals surface area contributed by atoms with E-state index in [1.54, 1.807) is 0 Å². The van der Waals surface area contributed by atoms with Gasteiger partial charge in [-0.1, -0.05) is 30.3 Å². The van der Waals surface area contributed by atoms with Crippen molar-refractivity contribution in [3.05, 3.63) is 60.7 Å². The first-order valence-corrected chi connectivity index (χ1v) is 8.11. The second kappa shape index (κ2) is 7.84. The van der Waals surface area contributed by atoms with Crippen LogP contribution < -0.4 is 10.6 Å². The van der Waals surface area contributed by atoms with Crippen LogP contribution in [0.4, 0.5) is 5.69 Å². The summed E-state index contributed by atoms with van der Waals surface area (Å²) >= 11 is 4.05. The number of nitro groups is 1. The highest BCUT2D eigenvalue weighted by Crippen LogP contribution is 2.32. The molecule has 1 aromatic carbocycles. The number of hydrogen-bond donors (Lipinski definition) is 2. The summed E-state index contributed by atoms with van der Waals surface area (Å²) in [6.07, 6.45) is 0. The van der Waals surface area contributed by atoms with Crippen molar-refractivity contribution in [3.8, 4) is 0 Å². The summed E-state index contributed by atoms with van der Waals surface area (Å²) in [5.74, 6) is -1.03. The molecule has 0 atom stereocenters. The fraction of sp³-hybridized carbons (Fsp3) is 0.143. The van der Waals surface area contributed by atoms with Crippen LogP contribution in [-0.4, -0.2) is 23.3 Å².